The van der Waals surface area contributed by atoms with E-state index in [9.17, 15) is 14.9 Å². The molecule has 0 bridgehead atoms. The SMILES string of the molecule is Cc1c(CN2CCN(C(=O)OC(C)(C)C)[C@@H](C)C2)cc(C#N)cc1[N+](=O)[O-]. The molecule has 1 aliphatic rings. The Labute approximate surface area is 159 Å². The second-order valence-electron chi connectivity index (χ2n) is 7.91. The Morgan fingerprint density at radius 1 is 1.41 bits per heavy atom. The molecule has 0 aliphatic carbocycles. The summed E-state index contributed by atoms with van der Waals surface area (Å²) in [5.74, 6) is 0. The van der Waals surface area contributed by atoms with E-state index in [1.165, 1.54) is 6.07 Å². The summed E-state index contributed by atoms with van der Waals surface area (Å²) in [5, 5.41) is 20.4. The second kappa shape index (κ2) is 7.92. The third-order valence-electron chi connectivity index (χ3n) is 4.55. The zero-order valence-electron chi connectivity index (χ0n) is 16.5. The lowest BCUT2D eigenvalue weighted by molar-refractivity contribution is -0.385. The third-order valence-corrected chi connectivity index (χ3v) is 4.55. The molecule has 1 amide bonds. The lowest BCUT2D eigenvalue weighted by atomic mass is 10.0. The number of hydrogen-bond acceptors (Lipinski definition) is 6. The zero-order chi connectivity index (χ0) is 20.4. The summed E-state index contributed by atoms with van der Waals surface area (Å²) < 4.78 is 5.45. The average Bonchev–Trinajstić information content (AvgIpc) is 2.54. The maximum absolute atomic E-state index is 12.3. The van der Waals surface area contributed by atoms with E-state index in [4.69, 9.17) is 10.00 Å². The first-order valence-corrected chi connectivity index (χ1v) is 8.92. The van der Waals surface area contributed by atoms with Crippen LogP contribution in [0.25, 0.3) is 0 Å². The number of carbonyl (C=O) groups is 1. The minimum Gasteiger partial charge on any atom is -0.444 e. The molecule has 2 rings (SSSR count). The predicted octanol–water partition coefficient (Wildman–Crippen LogP) is 3.22. The van der Waals surface area contributed by atoms with Gasteiger partial charge in [-0.1, -0.05) is 0 Å². The maximum Gasteiger partial charge on any atom is 0.410 e. The van der Waals surface area contributed by atoms with Crippen LogP contribution in [0.5, 0.6) is 0 Å². The molecule has 1 aromatic rings. The standard InChI is InChI=1S/C19H26N4O4/c1-13-11-21(6-7-22(13)18(24)27-19(3,4)5)12-16-8-15(10-20)9-17(14(16)2)23(25)26/h8-9,13H,6-7,11-12H2,1-5H3/t13-/m0/s1. The van der Waals surface area contributed by atoms with Gasteiger partial charge in [-0.2, -0.15) is 5.26 Å². The Balaban J connectivity index is 2.11. The number of rotatable bonds is 3. The minimum atomic E-state index is -0.540. The maximum atomic E-state index is 12.3. The molecule has 0 aromatic heterocycles. The Kier molecular flexibility index (Phi) is 6.06. The number of ether oxygens (including phenoxy) is 1. The Morgan fingerprint density at radius 3 is 2.59 bits per heavy atom. The van der Waals surface area contributed by atoms with Crippen molar-refractivity contribution in [3.8, 4) is 6.07 Å². The molecule has 27 heavy (non-hydrogen) atoms. The van der Waals surface area contributed by atoms with Crippen molar-refractivity contribution >= 4 is 11.8 Å². The molecular formula is C19H26N4O4. The van der Waals surface area contributed by atoms with Gasteiger partial charge < -0.3 is 9.64 Å². The molecule has 0 radical (unpaired) electrons. The monoisotopic (exact) mass is 374 g/mol. The van der Waals surface area contributed by atoms with E-state index < -0.39 is 10.5 Å². The van der Waals surface area contributed by atoms with Crippen LogP contribution in [0.1, 0.15) is 44.4 Å². The van der Waals surface area contributed by atoms with E-state index in [1.54, 1.807) is 17.9 Å². The van der Waals surface area contributed by atoms with E-state index in [2.05, 4.69) is 4.90 Å². The highest BCUT2D eigenvalue weighted by molar-refractivity contribution is 5.68. The lowest BCUT2D eigenvalue weighted by Crippen LogP contribution is -2.54. The van der Waals surface area contributed by atoms with Crippen LogP contribution < -0.4 is 0 Å². The Morgan fingerprint density at radius 2 is 2.07 bits per heavy atom. The highest BCUT2D eigenvalue weighted by Gasteiger charge is 2.31. The quantitative estimate of drug-likeness (QED) is 0.595. The molecule has 146 valence electrons. The molecule has 0 spiro atoms. The molecule has 0 N–H and O–H groups in total. The number of nitriles is 1. The molecule has 0 saturated carbocycles. The van der Waals surface area contributed by atoms with Gasteiger partial charge in [0.2, 0.25) is 0 Å². The summed E-state index contributed by atoms with van der Waals surface area (Å²) in [6.07, 6.45) is -0.326. The Bertz CT molecular complexity index is 779. The summed E-state index contributed by atoms with van der Waals surface area (Å²) >= 11 is 0. The molecule has 8 heteroatoms. The number of piperazine rings is 1. The highest BCUT2D eigenvalue weighted by atomic mass is 16.6. The van der Waals surface area contributed by atoms with Crippen LogP contribution in [0.2, 0.25) is 0 Å². The molecule has 1 aromatic carbocycles. The lowest BCUT2D eigenvalue weighted by Gasteiger charge is -2.40. The molecule has 8 nitrogen and oxygen atoms in total. The van der Waals surface area contributed by atoms with Gasteiger partial charge in [0.1, 0.15) is 5.60 Å². The number of nitro groups is 1. The van der Waals surface area contributed by atoms with Gasteiger partial charge in [-0.3, -0.25) is 15.0 Å². The first kappa shape index (κ1) is 20.6. The number of amides is 1. The summed E-state index contributed by atoms with van der Waals surface area (Å²) in [4.78, 5) is 27.0. The van der Waals surface area contributed by atoms with Crippen molar-refractivity contribution in [2.45, 2.75) is 52.8 Å². The molecule has 1 fully saturated rings. The van der Waals surface area contributed by atoms with Crippen LogP contribution >= 0.6 is 0 Å². The van der Waals surface area contributed by atoms with Crippen molar-refractivity contribution in [3.63, 3.8) is 0 Å². The van der Waals surface area contributed by atoms with Gasteiger partial charge in [-0.25, -0.2) is 4.79 Å². The van der Waals surface area contributed by atoms with E-state index in [-0.39, 0.29) is 23.4 Å². The van der Waals surface area contributed by atoms with Crippen LogP contribution in [0, 0.1) is 28.4 Å². The first-order valence-electron chi connectivity index (χ1n) is 8.92. The van der Waals surface area contributed by atoms with Crippen molar-refractivity contribution < 1.29 is 14.5 Å². The minimum absolute atomic E-state index is 0.0375. The summed E-state index contributed by atoms with van der Waals surface area (Å²) in [5.41, 5.74) is 1.04. The first-order chi connectivity index (χ1) is 12.5. The fourth-order valence-corrected chi connectivity index (χ4v) is 3.19. The predicted molar refractivity (Wildman–Crippen MR) is 100 cm³/mol. The van der Waals surface area contributed by atoms with Crippen LogP contribution in [-0.4, -0.2) is 52.1 Å². The van der Waals surface area contributed by atoms with E-state index in [0.29, 0.717) is 31.7 Å². The van der Waals surface area contributed by atoms with Gasteiger partial charge >= 0.3 is 6.09 Å². The fraction of sp³-hybridized carbons (Fsp3) is 0.579. The molecule has 1 aliphatic heterocycles. The fourth-order valence-electron chi connectivity index (χ4n) is 3.19. The highest BCUT2D eigenvalue weighted by Crippen LogP contribution is 2.26. The summed E-state index contributed by atoms with van der Waals surface area (Å²) in [6.45, 7) is 11.4. The van der Waals surface area contributed by atoms with E-state index >= 15 is 0 Å². The van der Waals surface area contributed by atoms with E-state index in [0.717, 1.165) is 5.56 Å². The van der Waals surface area contributed by atoms with Gasteiger partial charge in [0.05, 0.1) is 16.6 Å². The van der Waals surface area contributed by atoms with Gasteiger partial charge in [0.25, 0.3) is 5.69 Å². The Hall–Kier alpha value is -2.66. The van der Waals surface area contributed by atoms with Crippen molar-refractivity contribution in [2.24, 2.45) is 0 Å². The molecule has 1 heterocycles. The smallest absolute Gasteiger partial charge is 0.410 e. The molecule has 0 unspecified atom stereocenters. The summed E-state index contributed by atoms with van der Waals surface area (Å²) in [6, 6.07) is 4.96. The van der Waals surface area contributed by atoms with Gasteiger partial charge in [0, 0.05) is 43.9 Å². The number of nitrogens with zero attached hydrogens (tertiary/aromatic N) is 4. The largest absolute Gasteiger partial charge is 0.444 e. The number of nitro benzene ring substituents is 1. The van der Waals surface area contributed by atoms with Crippen molar-refractivity contribution in [2.75, 3.05) is 19.6 Å². The number of carbonyl (C=O) groups excluding carboxylic acids is 1. The normalized spacial score (nSPS) is 18.1. The van der Waals surface area contributed by atoms with Gasteiger partial charge in [-0.15, -0.1) is 0 Å². The topological polar surface area (TPSA) is 99.7 Å². The van der Waals surface area contributed by atoms with Gasteiger partial charge in [0.15, 0.2) is 0 Å². The van der Waals surface area contributed by atoms with E-state index in [1.807, 2.05) is 33.8 Å². The van der Waals surface area contributed by atoms with Crippen LogP contribution in [0.3, 0.4) is 0 Å². The van der Waals surface area contributed by atoms with Crippen molar-refractivity contribution in [1.82, 2.24) is 9.80 Å². The van der Waals surface area contributed by atoms with Crippen molar-refractivity contribution in [1.29, 1.82) is 5.26 Å². The van der Waals surface area contributed by atoms with Crippen molar-refractivity contribution in [3.05, 3.63) is 38.9 Å². The van der Waals surface area contributed by atoms with Gasteiger partial charge in [-0.05, 0) is 46.2 Å². The van der Waals surface area contributed by atoms with Crippen LogP contribution in [0.15, 0.2) is 12.1 Å². The zero-order valence-corrected chi connectivity index (χ0v) is 16.5. The van der Waals surface area contributed by atoms with Crippen LogP contribution in [0.4, 0.5) is 10.5 Å². The summed E-state index contributed by atoms with van der Waals surface area (Å²) in [7, 11) is 0. The molecule has 1 saturated heterocycles. The number of hydrogen-bond donors (Lipinski definition) is 0. The number of benzene rings is 1. The third kappa shape index (κ3) is 5.17. The average molecular weight is 374 g/mol. The second-order valence-corrected chi connectivity index (χ2v) is 7.91. The molecule has 1 atom stereocenters. The van der Waals surface area contributed by atoms with Crippen LogP contribution in [-0.2, 0) is 11.3 Å². The molecular weight excluding hydrogens is 348 g/mol.